The maximum Gasteiger partial charge on any atom is 0.272 e. The first kappa shape index (κ1) is 22.5. The molecule has 10 heteroatoms. The Balaban J connectivity index is 1.80. The number of rotatable bonds is 8. The number of carbonyl (C=O) groups excluding carboxylic acids is 1. The van der Waals surface area contributed by atoms with Crippen LogP contribution >= 0.6 is 34.7 Å². The van der Waals surface area contributed by atoms with Gasteiger partial charge in [0.25, 0.3) is 5.56 Å². The summed E-state index contributed by atoms with van der Waals surface area (Å²) in [5.41, 5.74) is 1.02. The molecule has 7 nitrogen and oxygen atoms in total. The zero-order valence-electron chi connectivity index (χ0n) is 17.0. The summed E-state index contributed by atoms with van der Waals surface area (Å²) in [6.45, 7) is 4.60. The third kappa shape index (κ3) is 4.91. The number of thiophene rings is 1. The largest absolute Gasteiger partial charge is 0.495 e. The number of ether oxygens (including phenoxy) is 2. The molecule has 0 aliphatic rings. The van der Waals surface area contributed by atoms with Gasteiger partial charge in [-0.15, -0.1) is 11.3 Å². The fraction of sp³-hybridized carbons (Fsp3) is 0.350. The second-order valence-corrected chi connectivity index (χ2v) is 9.13. The van der Waals surface area contributed by atoms with Crippen LogP contribution in [0.4, 0.5) is 5.69 Å². The maximum atomic E-state index is 12.8. The van der Waals surface area contributed by atoms with E-state index in [1.165, 1.54) is 37.3 Å². The van der Waals surface area contributed by atoms with Gasteiger partial charge in [0.2, 0.25) is 5.91 Å². The summed E-state index contributed by atoms with van der Waals surface area (Å²) < 4.78 is 12.7. The number of halogens is 1. The highest BCUT2D eigenvalue weighted by molar-refractivity contribution is 7.99. The van der Waals surface area contributed by atoms with Crippen molar-refractivity contribution in [1.29, 1.82) is 0 Å². The molecule has 0 saturated heterocycles. The van der Waals surface area contributed by atoms with Crippen LogP contribution in [0.15, 0.2) is 33.5 Å². The van der Waals surface area contributed by atoms with Crippen LogP contribution in [0.25, 0.3) is 10.2 Å². The minimum atomic E-state index is -0.268. The number of thioether (sulfide) groups is 1. The Labute approximate surface area is 187 Å². The number of aromatic nitrogens is 2. The summed E-state index contributed by atoms with van der Waals surface area (Å²) in [4.78, 5) is 30.0. The number of benzene rings is 1. The molecule has 3 rings (SSSR count). The maximum absolute atomic E-state index is 12.8. The van der Waals surface area contributed by atoms with Gasteiger partial charge in [-0.25, -0.2) is 4.98 Å². The van der Waals surface area contributed by atoms with Gasteiger partial charge in [-0.1, -0.05) is 37.2 Å². The number of anilines is 1. The number of fused-ring (bicyclic) bond motifs is 1. The van der Waals surface area contributed by atoms with E-state index in [1.54, 1.807) is 16.7 Å². The summed E-state index contributed by atoms with van der Waals surface area (Å²) in [5, 5.41) is 5.52. The molecule has 3 aromatic rings. The van der Waals surface area contributed by atoms with E-state index in [0.717, 1.165) is 0 Å². The van der Waals surface area contributed by atoms with Crippen molar-refractivity contribution in [3.05, 3.63) is 39.0 Å². The summed E-state index contributed by atoms with van der Waals surface area (Å²) in [7, 11) is 3.00. The van der Waals surface area contributed by atoms with E-state index in [-0.39, 0.29) is 23.1 Å². The third-order valence-corrected chi connectivity index (χ3v) is 6.32. The van der Waals surface area contributed by atoms with Crippen molar-refractivity contribution in [2.45, 2.75) is 25.5 Å². The Bertz CT molecular complexity index is 1130. The van der Waals surface area contributed by atoms with Crippen molar-refractivity contribution in [2.24, 2.45) is 5.92 Å². The van der Waals surface area contributed by atoms with Crippen LogP contribution in [-0.4, -0.2) is 35.4 Å². The normalized spacial score (nSPS) is 11.1. The van der Waals surface area contributed by atoms with Crippen molar-refractivity contribution >= 4 is 56.5 Å². The average Bonchev–Trinajstić information content (AvgIpc) is 3.17. The number of methoxy groups -OCH3 is 2. The van der Waals surface area contributed by atoms with E-state index in [1.807, 2.05) is 25.3 Å². The van der Waals surface area contributed by atoms with Crippen LogP contribution in [0.2, 0.25) is 5.02 Å². The van der Waals surface area contributed by atoms with Crippen LogP contribution in [0.5, 0.6) is 11.5 Å². The molecule has 1 aromatic carbocycles. The SMILES string of the molecule is COc1cc(OC)c(NC(=O)CSc2nc3ccsc3c(=O)n2CC(C)C)cc1Cl. The van der Waals surface area contributed by atoms with Gasteiger partial charge in [-0.05, 0) is 23.4 Å². The molecule has 0 saturated carbocycles. The highest BCUT2D eigenvalue weighted by Gasteiger charge is 2.17. The Hall–Kier alpha value is -2.23. The van der Waals surface area contributed by atoms with E-state index in [4.69, 9.17) is 21.1 Å². The lowest BCUT2D eigenvalue weighted by Crippen LogP contribution is -2.25. The van der Waals surface area contributed by atoms with E-state index in [9.17, 15) is 9.59 Å². The van der Waals surface area contributed by atoms with Gasteiger partial charge in [-0.2, -0.15) is 0 Å². The molecular weight excluding hydrogens is 446 g/mol. The predicted octanol–water partition coefficient (Wildman–Crippen LogP) is 4.52. The molecule has 30 heavy (non-hydrogen) atoms. The molecule has 0 radical (unpaired) electrons. The van der Waals surface area contributed by atoms with Crippen LogP contribution in [0, 0.1) is 5.92 Å². The quantitative estimate of drug-likeness (QED) is 0.387. The molecule has 0 atom stereocenters. The second kappa shape index (κ2) is 9.72. The van der Waals surface area contributed by atoms with Crippen LogP contribution in [0.1, 0.15) is 13.8 Å². The monoisotopic (exact) mass is 467 g/mol. The van der Waals surface area contributed by atoms with E-state index in [2.05, 4.69) is 10.3 Å². The number of nitrogens with one attached hydrogen (secondary N) is 1. The molecule has 0 spiro atoms. The first-order valence-corrected chi connectivity index (χ1v) is 11.4. The number of hydrogen-bond donors (Lipinski definition) is 1. The topological polar surface area (TPSA) is 82.5 Å². The fourth-order valence-electron chi connectivity index (χ4n) is 2.83. The third-order valence-electron chi connectivity index (χ3n) is 4.16. The van der Waals surface area contributed by atoms with Crippen LogP contribution in [-0.2, 0) is 11.3 Å². The Kier molecular flexibility index (Phi) is 7.27. The minimum absolute atomic E-state index is 0.0739. The standard InChI is InChI=1S/C20H22ClN3O4S2/c1-11(2)9-24-19(26)18-13(5-6-29-18)23-20(24)30-10-17(25)22-14-7-12(21)15(27-3)8-16(14)28-4/h5-8,11H,9-10H2,1-4H3,(H,22,25). The smallest absolute Gasteiger partial charge is 0.272 e. The van der Waals surface area contributed by atoms with Gasteiger partial charge in [-0.3, -0.25) is 14.2 Å². The lowest BCUT2D eigenvalue weighted by Gasteiger charge is -2.15. The Morgan fingerprint density at radius 1 is 1.30 bits per heavy atom. The Morgan fingerprint density at radius 3 is 2.70 bits per heavy atom. The molecule has 0 aliphatic carbocycles. The van der Waals surface area contributed by atoms with Gasteiger partial charge in [0.05, 0.1) is 36.2 Å². The zero-order valence-corrected chi connectivity index (χ0v) is 19.4. The summed E-state index contributed by atoms with van der Waals surface area (Å²) in [6, 6.07) is 5.00. The number of amides is 1. The highest BCUT2D eigenvalue weighted by Crippen LogP contribution is 2.36. The molecule has 0 aliphatic heterocycles. The fourth-order valence-corrected chi connectivity index (χ4v) is 4.66. The average molecular weight is 468 g/mol. The van der Waals surface area contributed by atoms with Crippen molar-refractivity contribution in [3.63, 3.8) is 0 Å². The van der Waals surface area contributed by atoms with E-state index >= 15 is 0 Å². The van der Waals surface area contributed by atoms with Crippen LogP contribution < -0.4 is 20.3 Å². The first-order valence-electron chi connectivity index (χ1n) is 9.16. The lowest BCUT2D eigenvalue weighted by atomic mass is 10.2. The first-order chi connectivity index (χ1) is 14.3. The second-order valence-electron chi connectivity index (χ2n) is 6.86. The Morgan fingerprint density at radius 2 is 2.03 bits per heavy atom. The van der Waals surface area contributed by atoms with Gasteiger partial charge >= 0.3 is 0 Å². The number of carbonyl (C=O) groups is 1. The van der Waals surface area contributed by atoms with Crippen molar-refractivity contribution in [2.75, 3.05) is 25.3 Å². The van der Waals surface area contributed by atoms with E-state index in [0.29, 0.717) is 44.1 Å². The van der Waals surface area contributed by atoms with Crippen molar-refractivity contribution in [1.82, 2.24) is 9.55 Å². The molecular formula is C20H22ClN3O4S2. The van der Waals surface area contributed by atoms with Gasteiger partial charge in [0, 0.05) is 12.6 Å². The van der Waals surface area contributed by atoms with Gasteiger partial charge in [0.15, 0.2) is 5.16 Å². The van der Waals surface area contributed by atoms with Gasteiger partial charge < -0.3 is 14.8 Å². The predicted molar refractivity (Wildman–Crippen MR) is 123 cm³/mol. The number of nitrogens with zero attached hydrogens (tertiary/aromatic N) is 2. The summed E-state index contributed by atoms with van der Waals surface area (Å²) in [6.07, 6.45) is 0. The molecule has 160 valence electrons. The minimum Gasteiger partial charge on any atom is -0.495 e. The molecule has 0 bridgehead atoms. The van der Waals surface area contributed by atoms with Crippen LogP contribution in [0.3, 0.4) is 0 Å². The molecule has 2 heterocycles. The molecule has 0 fully saturated rings. The summed E-state index contributed by atoms with van der Waals surface area (Å²) in [5.74, 6) is 0.958. The lowest BCUT2D eigenvalue weighted by molar-refractivity contribution is -0.113. The molecule has 1 amide bonds. The highest BCUT2D eigenvalue weighted by atomic mass is 35.5. The van der Waals surface area contributed by atoms with Gasteiger partial charge in [0.1, 0.15) is 16.2 Å². The van der Waals surface area contributed by atoms with Crippen molar-refractivity contribution < 1.29 is 14.3 Å². The number of hydrogen-bond acceptors (Lipinski definition) is 7. The zero-order chi connectivity index (χ0) is 21.8. The molecule has 0 unspecified atom stereocenters. The molecule has 1 N–H and O–H groups in total. The van der Waals surface area contributed by atoms with E-state index < -0.39 is 0 Å². The van der Waals surface area contributed by atoms with Crippen molar-refractivity contribution in [3.8, 4) is 11.5 Å². The molecule has 2 aromatic heterocycles. The summed E-state index contributed by atoms with van der Waals surface area (Å²) >= 11 is 8.76.